The molecule has 0 radical (unpaired) electrons. The molecular weight excluding hydrogens is 1920 g/mol. The van der Waals surface area contributed by atoms with Crippen molar-refractivity contribution in [3.05, 3.63) is 48.0 Å². The van der Waals surface area contributed by atoms with Gasteiger partial charge in [0.05, 0.1) is 46.8 Å². The van der Waals surface area contributed by atoms with Crippen LogP contribution in [-0.2, 0) is 307 Å². The second-order valence-electron chi connectivity index (χ2n) is 26.0. The molecule has 16 atom stereocenters. The van der Waals surface area contributed by atoms with Crippen LogP contribution in [0.15, 0.2) is 48.0 Å². The lowest BCUT2D eigenvalue weighted by Crippen LogP contribution is -2.57. The molecule has 642 valence electrons. The molecule has 48 heteroatoms. The van der Waals surface area contributed by atoms with E-state index < -0.39 is 83.5 Å². The van der Waals surface area contributed by atoms with Gasteiger partial charge in [-0.3, -0.25) is 0 Å². The SMILES string of the molecule is C.C.C=CCOC(=O)NCC1CC(N(C)C)C(C)[C@H](O[C@H]([C@@H](C)C2=C(C)C(=O)OC(C)(C)O2)[C@@](C)(C[C@@H](C)C=O)OC)O1.C=CCOC(=O)NCC1CC(N(C)C)C(C)[C@H](O[C@H]([C@@H](C)C2=C(C)C(=O)OC(C)(C)O2)[C@@](C)(C[C@@H](C)CO)OC)O1.S=S=S=S=S=S=S=S=S=S=S=S=S=S=S=S=S=S=S=S=S=S=S=S=S=S. The van der Waals surface area contributed by atoms with E-state index in [2.05, 4.69) is 47.4 Å². The van der Waals surface area contributed by atoms with Gasteiger partial charge in [0.25, 0.3) is 0 Å². The molecule has 0 saturated carbocycles. The third kappa shape index (κ3) is 42.0. The first-order valence-corrected chi connectivity index (χ1v) is 66.1. The van der Waals surface area contributed by atoms with Crippen LogP contribution in [-0.4, -0.2) is 192 Å². The zero-order valence-corrected chi connectivity index (χ0v) is 84.7. The van der Waals surface area contributed by atoms with Crippen LogP contribution in [0.5, 0.6) is 0 Å². The lowest BCUT2D eigenvalue weighted by atomic mass is 9.80. The van der Waals surface area contributed by atoms with Crippen LogP contribution in [0.3, 0.4) is 0 Å². The van der Waals surface area contributed by atoms with E-state index in [1.54, 1.807) is 180 Å². The lowest BCUT2D eigenvalue weighted by molar-refractivity contribution is -0.286. The number of carbonyl (C=O) groups is 5. The molecule has 0 spiro atoms. The molecule has 0 bridgehead atoms. The third-order valence-electron chi connectivity index (χ3n) is 16.5. The predicted octanol–water partition coefficient (Wildman–Crippen LogP) is 8.63. The van der Waals surface area contributed by atoms with Gasteiger partial charge in [-0.05, 0) is 87.5 Å². The van der Waals surface area contributed by atoms with Crippen LogP contribution in [0, 0.1) is 35.5 Å². The van der Waals surface area contributed by atoms with Gasteiger partial charge in [-0.1, -0.05) is 81.7 Å². The van der Waals surface area contributed by atoms with E-state index >= 15 is 0 Å². The fourth-order valence-electron chi connectivity index (χ4n) is 11.6. The number of cyclic esters (lactones) is 2. The molecule has 4 heterocycles. The van der Waals surface area contributed by atoms with Crippen LogP contribution in [0.25, 0.3) is 0 Å². The highest BCUT2D eigenvalue weighted by molar-refractivity contribution is 8.79. The maximum absolute atomic E-state index is 12.7. The first-order valence-electron chi connectivity index (χ1n) is 32.7. The Morgan fingerprint density at radius 2 is 0.873 bits per heavy atom. The number of hydrogen-bond donors (Lipinski definition) is 3. The normalized spacial score (nSPS) is 22.7. The molecule has 0 aromatic heterocycles. The molecule has 3 N–H and O–H groups in total. The predicted molar refractivity (Wildman–Crippen MR) is 511 cm³/mol. The number of rotatable bonds is 28. The molecule has 2 amide bonds. The van der Waals surface area contributed by atoms with E-state index in [0.29, 0.717) is 48.3 Å². The van der Waals surface area contributed by atoms with Crippen LogP contribution < -0.4 is 10.6 Å². The summed E-state index contributed by atoms with van der Waals surface area (Å²) < 4.78 is 72.1. The molecule has 6 unspecified atom stereocenters. The van der Waals surface area contributed by atoms with Crippen molar-refractivity contribution >= 4 is 266 Å². The molecule has 0 aromatic rings. The number of aliphatic hydroxyl groups excluding tert-OH is 1. The summed E-state index contributed by atoms with van der Waals surface area (Å²) in [5, 5.41) is 15.4. The number of aldehydes is 1. The highest BCUT2D eigenvalue weighted by atomic mass is 33.5. The van der Waals surface area contributed by atoms with Crippen molar-refractivity contribution < 1.29 is 85.9 Å². The average molecular weight is 2030 g/mol. The Morgan fingerprint density at radius 3 is 1.14 bits per heavy atom. The molecule has 2 fully saturated rings. The second-order valence-corrected chi connectivity index (χ2v) is 68.4. The van der Waals surface area contributed by atoms with Gasteiger partial charge in [0.1, 0.15) is 31.0 Å². The van der Waals surface area contributed by atoms with Gasteiger partial charge in [0.2, 0.25) is 11.6 Å². The smallest absolute Gasteiger partial charge is 0.407 e. The Hall–Kier alpha value is 1.07. The van der Waals surface area contributed by atoms with Crippen molar-refractivity contribution in [1.29, 1.82) is 0 Å². The number of ether oxygens (including phenoxy) is 12. The van der Waals surface area contributed by atoms with Crippen molar-refractivity contribution in [2.45, 2.75) is 209 Å². The standard InChI is InChI=1S/C30H52N2O9.C30H50N2O9.2CH4.S26/c2*1-12-13-37-28(35)31-16-22-14-23(32(9)10)19(3)27(38-22)39-25(30(8,36-11)15-18(2)17-33)20(4)24-21(5)26(34)41-29(6,7)40-24;;;1-3-5-7-9-11-13-15-17-19-21-23-25-26-24-22-20-18-16-14-12-10-8-6-4-2/h12,18-20,22-23,25,27,33H,1,13-17H2,2-11H3,(H,31,35);12,17-20,22-23,25,27H,1,13-16H2,2-11H3,(H,31,35);2*1H4;/t2*18-,19?,20+,22?,23?,25-,27+,30-;;;/m11.../s1. The van der Waals surface area contributed by atoms with Gasteiger partial charge in [0, 0.05) is 339 Å². The maximum Gasteiger partial charge on any atom is 0.407 e. The van der Waals surface area contributed by atoms with Gasteiger partial charge in [-0.25, -0.2) is 19.2 Å². The van der Waals surface area contributed by atoms with E-state index in [4.69, 9.17) is 79.2 Å². The van der Waals surface area contributed by atoms with E-state index in [0.717, 1.165) is 6.29 Å². The first-order chi connectivity index (χ1) is 51.1. The Morgan fingerprint density at radius 1 is 0.573 bits per heavy atom. The Balaban J connectivity index is 0.00000165. The summed E-state index contributed by atoms with van der Waals surface area (Å²) in [7, 11) is 53.0. The number of hydrogen-bond acceptors (Lipinski definition) is 22. The van der Waals surface area contributed by atoms with E-state index in [9.17, 15) is 29.1 Å². The zero-order chi connectivity index (χ0) is 81.2. The number of aliphatic hydroxyl groups is 1. The molecule has 4 rings (SSSR count). The number of nitrogens with zero attached hydrogens (tertiary/aromatic N) is 2. The quantitative estimate of drug-likeness (QED) is 0.0287. The third-order valence-corrected chi connectivity index (χ3v) is 67.6. The van der Waals surface area contributed by atoms with Crippen molar-refractivity contribution in [3.8, 4) is 0 Å². The van der Waals surface area contributed by atoms with Crippen LogP contribution in [0.4, 0.5) is 9.59 Å². The number of amides is 2. The van der Waals surface area contributed by atoms with E-state index in [1.807, 2.05) is 141 Å². The molecule has 0 aromatic carbocycles. The topological polar surface area (TPSA) is 247 Å². The summed E-state index contributed by atoms with van der Waals surface area (Å²) in [6.07, 6.45) is 1.53. The van der Waals surface area contributed by atoms with Crippen LogP contribution in [0.2, 0.25) is 0 Å². The summed E-state index contributed by atoms with van der Waals surface area (Å²) in [5.74, 6) is -3.77. The highest BCUT2D eigenvalue weighted by Crippen LogP contribution is 2.44. The summed E-state index contributed by atoms with van der Waals surface area (Å²) in [4.78, 5) is 65.6. The Kier molecular flexibility index (Phi) is 61.1. The molecule has 0 aliphatic carbocycles. The Bertz CT molecular complexity index is 4190. The summed E-state index contributed by atoms with van der Waals surface area (Å²) >= 11 is 9.55. The molecule has 110 heavy (non-hydrogen) atoms. The fourth-order valence-corrected chi connectivity index (χ4v) is 72.0. The minimum atomic E-state index is -1.16. The minimum absolute atomic E-state index is 0. The average Bonchev–Trinajstić information content (AvgIpc) is 0.775. The summed E-state index contributed by atoms with van der Waals surface area (Å²) in [6.45, 7) is 33.4. The van der Waals surface area contributed by atoms with Gasteiger partial charge >= 0.3 is 24.1 Å². The zero-order valence-electron chi connectivity index (χ0n) is 63.5. The summed E-state index contributed by atoms with van der Waals surface area (Å²) in [6, 6.07) is 0.163. The second kappa shape index (κ2) is 60.5. The van der Waals surface area contributed by atoms with Gasteiger partial charge in [0.15, 0.2) is 12.6 Å². The lowest BCUT2D eigenvalue weighted by Gasteiger charge is -2.48. The molecule has 22 nitrogen and oxygen atoms in total. The summed E-state index contributed by atoms with van der Waals surface area (Å²) in [5.41, 5.74) is -1.14. The monoisotopic (exact) mass is 2030 g/mol. The van der Waals surface area contributed by atoms with Gasteiger partial charge < -0.3 is 87.2 Å². The minimum Gasteiger partial charge on any atom is -0.456 e. The van der Waals surface area contributed by atoms with E-state index in [-0.39, 0.29) is 95.7 Å². The fraction of sp³-hybridized carbons (Fsp3) is 0.790. The number of methoxy groups -OCH3 is 2. The number of esters is 2. The maximum atomic E-state index is 12.7. The van der Waals surface area contributed by atoms with Crippen molar-refractivity contribution in [2.75, 3.05) is 75.3 Å². The molecule has 4 aliphatic rings. The van der Waals surface area contributed by atoms with Gasteiger partial charge in [-0.15, -0.1) is 0 Å². The molecular formula is C62H110N4O18S26. The number of carbonyl (C=O) groups excluding carboxylic acids is 5. The number of nitrogens with one attached hydrogen (secondary N) is 2. The Labute approximate surface area is 730 Å². The van der Waals surface area contributed by atoms with E-state index in [1.165, 1.54) is 29.9 Å². The van der Waals surface area contributed by atoms with Crippen LogP contribution in [0.1, 0.15) is 137 Å². The van der Waals surface area contributed by atoms with Gasteiger partial charge in [-0.2, -0.15) is 0 Å². The van der Waals surface area contributed by atoms with Crippen molar-refractivity contribution in [3.63, 3.8) is 0 Å². The molecule has 4 aliphatic heterocycles. The van der Waals surface area contributed by atoms with Crippen molar-refractivity contribution in [1.82, 2.24) is 20.4 Å². The number of alkyl carbamates (subject to hydrolysis) is 2. The van der Waals surface area contributed by atoms with Crippen LogP contribution >= 0.6 is 0 Å². The van der Waals surface area contributed by atoms with Crippen molar-refractivity contribution in [2.24, 2.45) is 35.5 Å². The first kappa shape index (κ1) is 111. The highest BCUT2D eigenvalue weighted by Gasteiger charge is 2.51. The largest absolute Gasteiger partial charge is 0.456 e. The molecule has 2 saturated heterocycles.